The van der Waals surface area contributed by atoms with Crippen molar-refractivity contribution in [2.75, 3.05) is 6.61 Å². The van der Waals surface area contributed by atoms with E-state index in [0.717, 1.165) is 6.26 Å². The molecule has 18 heavy (non-hydrogen) atoms. The van der Waals surface area contributed by atoms with Gasteiger partial charge in [0.2, 0.25) is 0 Å². The summed E-state index contributed by atoms with van der Waals surface area (Å²) in [7, 11) is 0. The predicted octanol–water partition coefficient (Wildman–Crippen LogP) is 0.489. The van der Waals surface area contributed by atoms with Crippen molar-refractivity contribution < 1.29 is 29.3 Å². The first-order valence-electron chi connectivity index (χ1n) is 5.85. The zero-order chi connectivity index (χ0) is 13.5. The second-order valence-electron chi connectivity index (χ2n) is 4.34. The van der Waals surface area contributed by atoms with Gasteiger partial charge in [0.05, 0.1) is 30.6 Å². The van der Waals surface area contributed by atoms with Gasteiger partial charge in [-0.2, -0.15) is 0 Å². The van der Waals surface area contributed by atoms with Crippen LogP contribution in [0.4, 0.5) is 0 Å². The molecule has 3 unspecified atom stereocenters. The average molecular weight is 258 g/mol. The van der Waals surface area contributed by atoms with E-state index in [1.807, 2.05) is 0 Å². The number of carboxylic acid groups (broad SMARTS) is 1. The molecule has 1 aliphatic rings. The van der Waals surface area contributed by atoms with Crippen LogP contribution in [0.5, 0.6) is 0 Å². The molecule has 3 atom stereocenters. The zero-order valence-corrected chi connectivity index (χ0v) is 10.2. The summed E-state index contributed by atoms with van der Waals surface area (Å²) in [5, 5.41) is 18.0. The number of epoxide rings is 1. The summed E-state index contributed by atoms with van der Waals surface area (Å²) in [4.78, 5) is 21.6. The number of hydrogen-bond acceptors (Lipinski definition) is 5. The minimum atomic E-state index is -1.11. The number of carbonyl (C=O) groups excluding carboxylic acids is 1. The van der Waals surface area contributed by atoms with Crippen LogP contribution < -0.4 is 0 Å². The molecule has 0 radical (unpaired) electrons. The van der Waals surface area contributed by atoms with Crippen LogP contribution in [0.2, 0.25) is 0 Å². The average Bonchev–Trinajstić information content (AvgIpc) is 3.10. The normalized spacial score (nSPS) is 22.1. The molecule has 0 aromatic heterocycles. The second kappa shape index (κ2) is 7.13. The highest BCUT2D eigenvalue weighted by molar-refractivity contribution is 5.86. The summed E-state index contributed by atoms with van der Waals surface area (Å²) < 4.78 is 10.1. The van der Waals surface area contributed by atoms with Crippen LogP contribution in [-0.4, -0.2) is 47.4 Å². The Morgan fingerprint density at radius 3 is 2.72 bits per heavy atom. The van der Waals surface area contributed by atoms with E-state index in [1.165, 1.54) is 0 Å². The van der Waals surface area contributed by atoms with E-state index in [4.69, 9.17) is 19.7 Å². The largest absolute Gasteiger partial charge is 0.490 e. The van der Waals surface area contributed by atoms with Crippen molar-refractivity contribution in [1.82, 2.24) is 0 Å². The zero-order valence-electron chi connectivity index (χ0n) is 10.2. The van der Waals surface area contributed by atoms with Gasteiger partial charge in [-0.05, 0) is 19.8 Å². The molecular formula is C12H18O6. The summed E-state index contributed by atoms with van der Waals surface area (Å²) >= 11 is 0. The monoisotopic (exact) mass is 258 g/mol. The van der Waals surface area contributed by atoms with Crippen LogP contribution in [0.25, 0.3) is 0 Å². The van der Waals surface area contributed by atoms with Crippen LogP contribution in [-0.2, 0) is 19.1 Å². The Morgan fingerprint density at radius 1 is 1.61 bits per heavy atom. The fraction of sp³-hybridized carbons (Fsp3) is 0.667. The summed E-state index contributed by atoms with van der Waals surface area (Å²) in [5.74, 6) is -1.11. The van der Waals surface area contributed by atoms with Gasteiger partial charge < -0.3 is 19.7 Å². The second-order valence-corrected chi connectivity index (χ2v) is 4.34. The van der Waals surface area contributed by atoms with E-state index in [0.29, 0.717) is 25.7 Å². The van der Waals surface area contributed by atoms with E-state index in [-0.39, 0.29) is 18.1 Å². The Balaban J connectivity index is 2.46. The lowest BCUT2D eigenvalue weighted by molar-refractivity contribution is -0.133. The Kier molecular flexibility index (Phi) is 5.80. The third kappa shape index (κ3) is 5.79. The summed E-state index contributed by atoms with van der Waals surface area (Å²) in [5.41, 5.74) is 0.0412. The molecule has 1 aliphatic heterocycles. The molecule has 1 rings (SSSR count). The molecule has 1 fully saturated rings. The first kappa shape index (κ1) is 14.7. The Labute approximate surface area is 105 Å². The van der Waals surface area contributed by atoms with Crippen molar-refractivity contribution >= 4 is 12.3 Å². The lowest BCUT2D eigenvalue weighted by atomic mass is 10.1. The highest BCUT2D eigenvalue weighted by Gasteiger charge is 2.27. The van der Waals surface area contributed by atoms with E-state index < -0.39 is 18.2 Å². The fourth-order valence-corrected chi connectivity index (χ4v) is 1.36. The van der Waals surface area contributed by atoms with Crippen molar-refractivity contribution in [3.8, 4) is 0 Å². The van der Waals surface area contributed by atoms with Crippen LogP contribution >= 0.6 is 0 Å². The third-order valence-electron chi connectivity index (χ3n) is 2.54. The molecule has 6 nitrogen and oxygen atoms in total. The summed E-state index contributed by atoms with van der Waals surface area (Å²) in [6.45, 7) is 2.20. The smallest absolute Gasteiger partial charge is 0.334 e. The molecule has 2 N–H and O–H groups in total. The number of ether oxygens (including phenoxy) is 2. The number of aliphatic carboxylic acids is 1. The lowest BCUT2D eigenvalue weighted by Gasteiger charge is -2.10. The van der Waals surface area contributed by atoms with Gasteiger partial charge in [-0.1, -0.05) is 0 Å². The highest BCUT2D eigenvalue weighted by Crippen LogP contribution is 2.17. The molecule has 0 aliphatic carbocycles. The van der Waals surface area contributed by atoms with E-state index >= 15 is 0 Å². The Hall–Kier alpha value is -1.40. The maximum Gasteiger partial charge on any atom is 0.334 e. The van der Waals surface area contributed by atoms with Gasteiger partial charge in [0, 0.05) is 6.42 Å². The van der Waals surface area contributed by atoms with E-state index in [9.17, 15) is 9.59 Å². The molecule has 0 bridgehead atoms. The van der Waals surface area contributed by atoms with Crippen molar-refractivity contribution in [2.45, 2.75) is 44.5 Å². The first-order valence-corrected chi connectivity index (χ1v) is 5.85. The molecule has 1 heterocycles. The fourth-order valence-electron chi connectivity index (χ4n) is 1.36. The molecule has 0 amide bonds. The maximum absolute atomic E-state index is 10.9. The molecule has 0 spiro atoms. The highest BCUT2D eigenvalue weighted by atomic mass is 16.6. The summed E-state index contributed by atoms with van der Waals surface area (Å²) in [6.07, 6.45) is 1.46. The Morgan fingerprint density at radius 2 is 2.28 bits per heavy atom. The Bertz CT molecular complexity index is 319. The SMILES string of the molecule is CC(O)CCC(=COC(C=O)CC1CO1)C(=O)O. The van der Waals surface area contributed by atoms with Gasteiger partial charge >= 0.3 is 5.97 Å². The first-order chi connectivity index (χ1) is 8.52. The van der Waals surface area contributed by atoms with Crippen LogP contribution in [0, 0.1) is 0 Å². The van der Waals surface area contributed by atoms with Crippen molar-refractivity contribution in [1.29, 1.82) is 0 Å². The van der Waals surface area contributed by atoms with Crippen LogP contribution in [0.15, 0.2) is 11.8 Å². The molecule has 0 aromatic carbocycles. The number of rotatable bonds is 9. The molecular weight excluding hydrogens is 240 g/mol. The molecule has 6 heteroatoms. The van der Waals surface area contributed by atoms with Gasteiger partial charge in [-0.3, -0.25) is 4.79 Å². The molecule has 0 aromatic rings. The van der Waals surface area contributed by atoms with Crippen LogP contribution in [0.1, 0.15) is 26.2 Å². The maximum atomic E-state index is 10.9. The number of aliphatic hydroxyl groups is 1. The number of hydrogen-bond donors (Lipinski definition) is 2. The number of aliphatic hydroxyl groups excluding tert-OH is 1. The molecule has 0 saturated carbocycles. The standard InChI is InChI=1S/C12H18O6/c1-8(14)2-3-9(12(15)16)6-17-10(5-13)4-11-7-18-11/h5-6,8,10-11,14H,2-4,7H2,1H3,(H,15,16). The molecule has 102 valence electrons. The van der Waals surface area contributed by atoms with Gasteiger partial charge in [0.15, 0.2) is 12.4 Å². The van der Waals surface area contributed by atoms with Crippen molar-refractivity contribution in [2.24, 2.45) is 0 Å². The topological polar surface area (TPSA) is 96.4 Å². The molecule has 1 saturated heterocycles. The quantitative estimate of drug-likeness (QED) is 0.270. The summed E-state index contributed by atoms with van der Waals surface area (Å²) in [6, 6.07) is 0. The van der Waals surface area contributed by atoms with E-state index in [1.54, 1.807) is 6.92 Å². The number of aldehydes is 1. The van der Waals surface area contributed by atoms with Crippen LogP contribution in [0.3, 0.4) is 0 Å². The van der Waals surface area contributed by atoms with E-state index in [2.05, 4.69) is 0 Å². The minimum absolute atomic E-state index is 0.0411. The van der Waals surface area contributed by atoms with Crippen molar-refractivity contribution in [3.05, 3.63) is 11.8 Å². The number of carboxylic acids is 1. The van der Waals surface area contributed by atoms with Gasteiger partial charge in [-0.15, -0.1) is 0 Å². The van der Waals surface area contributed by atoms with Gasteiger partial charge in [0.25, 0.3) is 0 Å². The predicted molar refractivity (Wildman–Crippen MR) is 61.9 cm³/mol. The lowest BCUT2D eigenvalue weighted by Crippen LogP contribution is -2.15. The minimum Gasteiger partial charge on any atom is -0.490 e. The number of carbonyl (C=O) groups is 2. The third-order valence-corrected chi connectivity index (χ3v) is 2.54. The van der Waals surface area contributed by atoms with Gasteiger partial charge in [-0.25, -0.2) is 4.79 Å². The van der Waals surface area contributed by atoms with Gasteiger partial charge in [0.1, 0.15) is 0 Å². The van der Waals surface area contributed by atoms with Crippen molar-refractivity contribution in [3.63, 3.8) is 0 Å².